The minimum atomic E-state index is 0.140. The van der Waals surface area contributed by atoms with Crippen LogP contribution in [0.1, 0.15) is 36.3 Å². The molecule has 0 fully saturated rings. The lowest BCUT2D eigenvalue weighted by atomic mass is 9.78. The smallest absolute Gasteiger partial charge is 0.116 e. The van der Waals surface area contributed by atoms with Crippen LogP contribution in [0.15, 0.2) is 51.8 Å². The lowest BCUT2D eigenvalue weighted by molar-refractivity contribution is 0.564. The number of nitrogens with zero attached hydrogens (tertiary/aromatic N) is 1. The van der Waals surface area contributed by atoms with E-state index in [9.17, 15) is 0 Å². The van der Waals surface area contributed by atoms with Crippen LogP contribution in [0.2, 0.25) is 10.0 Å². The summed E-state index contributed by atoms with van der Waals surface area (Å²) in [5, 5.41) is 1.16. The van der Waals surface area contributed by atoms with Crippen LogP contribution < -0.4 is 0 Å². The van der Waals surface area contributed by atoms with Crippen molar-refractivity contribution in [2.75, 3.05) is 0 Å². The number of halogens is 2. The largest absolute Gasteiger partial charge is 0.470 e. The summed E-state index contributed by atoms with van der Waals surface area (Å²) in [7, 11) is 0. The summed E-state index contributed by atoms with van der Waals surface area (Å²) in [5.74, 6) is 0.140. The van der Waals surface area contributed by atoms with Crippen LogP contribution in [0.3, 0.4) is 0 Å². The highest BCUT2D eigenvalue weighted by Gasteiger charge is 2.31. The molecule has 2 heterocycles. The molecule has 0 bridgehead atoms. The highest BCUT2D eigenvalue weighted by atomic mass is 35.5. The van der Waals surface area contributed by atoms with E-state index in [1.807, 2.05) is 18.2 Å². The highest BCUT2D eigenvalue weighted by molar-refractivity contribution is 6.42. The van der Waals surface area contributed by atoms with Crippen molar-refractivity contribution in [1.82, 2.24) is 0 Å². The number of furan rings is 1. The number of hydrogen-bond donors (Lipinski definition) is 0. The molecular weight excluding hydrogens is 305 g/mol. The van der Waals surface area contributed by atoms with Crippen molar-refractivity contribution in [1.29, 1.82) is 0 Å². The summed E-state index contributed by atoms with van der Waals surface area (Å²) in [5.41, 5.74) is 5.62. The fraction of sp³-hybridized carbons (Fsp3) is 0.235. The average Bonchev–Trinajstić information content (AvgIpc) is 2.95. The fourth-order valence-corrected chi connectivity index (χ4v) is 3.47. The van der Waals surface area contributed by atoms with Crippen molar-refractivity contribution >= 4 is 34.6 Å². The van der Waals surface area contributed by atoms with Crippen molar-refractivity contribution in [3.05, 3.63) is 63.5 Å². The van der Waals surface area contributed by atoms with Gasteiger partial charge in [-0.25, -0.2) is 4.99 Å². The second-order valence-corrected chi connectivity index (χ2v) is 6.24. The Morgan fingerprint density at radius 2 is 2.05 bits per heavy atom. The predicted octanol–water partition coefficient (Wildman–Crippen LogP) is 5.91. The molecule has 106 valence electrons. The van der Waals surface area contributed by atoms with Gasteiger partial charge in [0.05, 0.1) is 16.3 Å². The standard InChI is InChI=1S/C17H13Cl2NO/c18-13-6-5-10(7-14(13)19)17-11-3-1-2-4-15(11)20-16-9-21-8-12(16)17/h3,5-9,17H,1-2,4H2. The third-order valence-electron chi connectivity index (χ3n) is 4.14. The van der Waals surface area contributed by atoms with Crippen molar-refractivity contribution < 1.29 is 4.42 Å². The molecule has 4 heteroatoms. The van der Waals surface area contributed by atoms with Crippen LogP contribution in [0.4, 0.5) is 5.69 Å². The van der Waals surface area contributed by atoms with Gasteiger partial charge in [0.2, 0.25) is 0 Å². The van der Waals surface area contributed by atoms with Gasteiger partial charge in [-0.05, 0) is 42.5 Å². The van der Waals surface area contributed by atoms with E-state index in [1.54, 1.807) is 12.5 Å². The van der Waals surface area contributed by atoms with E-state index in [0.717, 1.165) is 36.1 Å². The Labute approximate surface area is 133 Å². The molecule has 2 nitrogen and oxygen atoms in total. The molecule has 1 aromatic carbocycles. The zero-order valence-electron chi connectivity index (χ0n) is 11.3. The summed E-state index contributed by atoms with van der Waals surface area (Å²) in [6.45, 7) is 0. The molecule has 0 N–H and O–H groups in total. The van der Waals surface area contributed by atoms with Gasteiger partial charge in [0, 0.05) is 17.2 Å². The van der Waals surface area contributed by atoms with Crippen LogP contribution in [0.25, 0.3) is 0 Å². The third-order valence-corrected chi connectivity index (χ3v) is 4.88. The second kappa shape index (κ2) is 5.04. The number of aliphatic imine (C=N–C) groups is 1. The number of fused-ring (bicyclic) bond motifs is 2. The minimum Gasteiger partial charge on any atom is -0.470 e. The molecule has 1 aliphatic carbocycles. The normalized spacial score (nSPS) is 20.4. The van der Waals surface area contributed by atoms with Crippen molar-refractivity contribution in [3.8, 4) is 0 Å². The summed E-state index contributed by atoms with van der Waals surface area (Å²) < 4.78 is 5.39. The van der Waals surface area contributed by atoms with E-state index in [1.165, 1.54) is 11.3 Å². The first-order valence-electron chi connectivity index (χ1n) is 7.03. The summed E-state index contributed by atoms with van der Waals surface area (Å²) >= 11 is 12.3. The Balaban J connectivity index is 1.91. The molecule has 1 aliphatic heterocycles. The minimum absolute atomic E-state index is 0.140. The first kappa shape index (κ1) is 13.2. The van der Waals surface area contributed by atoms with E-state index in [0.29, 0.717) is 10.0 Å². The Morgan fingerprint density at radius 1 is 1.14 bits per heavy atom. The predicted molar refractivity (Wildman–Crippen MR) is 86.0 cm³/mol. The van der Waals surface area contributed by atoms with Gasteiger partial charge < -0.3 is 4.42 Å². The lowest BCUT2D eigenvalue weighted by Crippen LogP contribution is -2.19. The van der Waals surface area contributed by atoms with Crippen LogP contribution >= 0.6 is 23.2 Å². The number of hydrogen-bond acceptors (Lipinski definition) is 2. The van der Waals surface area contributed by atoms with E-state index in [-0.39, 0.29) is 5.92 Å². The van der Waals surface area contributed by atoms with E-state index in [2.05, 4.69) is 6.08 Å². The quantitative estimate of drug-likeness (QED) is 0.641. The molecule has 0 saturated heterocycles. The second-order valence-electron chi connectivity index (χ2n) is 5.43. The molecule has 0 spiro atoms. The molecule has 0 amide bonds. The highest BCUT2D eigenvalue weighted by Crippen LogP contribution is 2.45. The molecular formula is C17H13Cl2NO. The molecule has 0 radical (unpaired) electrons. The van der Waals surface area contributed by atoms with Crippen molar-refractivity contribution in [2.45, 2.75) is 25.2 Å². The van der Waals surface area contributed by atoms with Crippen molar-refractivity contribution in [2.24, 2.45) is 4.99 Å². The van der Waals surface area contributed by atoms with Crippen molar-refractivity contribution in [3.63, 3.8) is 0 Å². The van der Waals surface area contributed by atoms with Crippen LogP contribution in [0.5, 0.6) is 0 Å². The molecule has 1 aromatic heterocycles. The van der Waals surface area contributed by atoms with Gasteiger partial charge in [-0.2, -0.15) is 0 Å². The molecule has 4 rings (SSSR count). The van der Waals surface area contributed by atoms with E-state index in [4.69, 9.17) is 32.6 Å². The molecule has 1 atom stereocenters. The lowest BCUT2D eigenvalue weighted by Gasteiger charge is -2.28. The van der Waals surface area contributed by atoms with Crippen LogP contribution in [0, 0.1) is 0 Å². The van der Waals surface area contributed by atoms with Gasteiger partial charge in [-0.1, -0.05) is 35.3 Å². The number of rotatable bonds is 1. The molecule has 2 aromatic rings. The SMILES string of the molecule is Clc1ccc(C2C3=CCCCC3=Nc3cocc32)cc1Cl. The molecule has 1 unspecified atom stereocenters. The fourth-order valence-electron chi connectivity index (χ4n) is 3.17. The first-order valence-corrected chi connectivity index (χ1v) is 7.78. The maximum Gasteiger partial charge on any atom is 0.116 e. The van der Waals surface area contributed by atoms with Gasteiger partial charge in [0.15, 0.2) is 0 Å². The van der Waals surface area contributed by atoms with Gasteiger partial charge in [-0.3, -0.25) is 0 Å². The molecule has 2 aliphatic rings. The van der Waals surface area contributed by atoms with Crippen LogP contribution in [-0.4, -0.2) is 5.71 Å². The van der Waals surface area contributed by atoms with Gasteiger partial charge >= 0.3 is 0 Å². The summed E-state index contributed by atoms with van der Waals surface area (Å²) in [6.07, 6.45) is 9.08. The van der Waals surface area contributed by atoms with Gasteiger partial charge in [0.1, 0.15) is 12.0 Å². The van der Waals surface area contributed by atoms with Crippen LogP contribution in [-0.2, 0) is 0 Å². The maximum absolute atomic E-state index is 6.20. The number of benzene rings is 1. The Bertz CT molecular complexity index is 773. The summed E-state index contributed by atoms with van der Waals surface area (Å²) in [4.78, 5) is 4.74. The Morgan fingerprint density at radius 3 is 2.90 bits per heavy atom. The maximum atomic E-state index is 6.20. The topological polar surface area (TPSA) is 25.5 Å². The monoisotopic (exact) mass is 317 g/mol. The molecule has 21 heavy (non-hydrogen) atoms. The third kappa shape index (κ3) is 2.14. The Kier molecular flexibility index (Phi) is 3.16. The molecule has 0 saturated carbocycles. The summed E-state index contributed by atoms with van der Waals surface area (Å²) in [6, 6.07) is 5.84. The van der Waals surface area contributed by atoms with Gasteiger partial charge in [-0.15, -0.1) is 0 Å². The van der Waals surface area contributed by atoms with E-state index < -0.39 is 0 Å². The zero-order valence-corrected chi connectivity index (χ0v) is 12.8. The zero-order chi connectivity index (χ0) is 14.4. The van der Waals surface area contributed by atoms with E-state index >= 15 is 0 Å². The Hall–Kier alpha value is -1.51. The first-order chi connectivity index (χ1) is 10.2. The average molecular weight is 318 g/mol. The number of allylic oxidation sites excluding steroid dienone is 2. The van der Waals surface area contributed by atoms with Gasteiger partial charge in [0.25, 0.3) is 0 Å².